The molecular weight excluding hydrogens is 418 g/mol. The normalized spacial score (nSPS) is 16.0. The summed E-state index contributed by atoms with van der Waals surface area (Å²) in [6.45, 7) is 4.79. The molecule has 5 rings (SSSR count). The van der Waals surface area contributed by atoms with Crippen LogP contribution in [0.25, 0.3) is 21.9 Å². The highest BCUT2D eigenvalue weighted by atomic mass is 16.5. The molecule has 2 aromatic carbocycles. The third kappa shape index (κ3) is 4.15. The largest absolute Gasteiger partial charge is 0.457 e. The van der Waals surface area contributed by atoms with Crippen LogP contribution in [0.4, 0.5) is 5.82 Å². The number of hydrogen-bond acceptors (Lipinski definition) is 6. The average Bonchev–Trinajstić information content (AvgIpc) is 2.85. The van der Waals surface area contributed by atoms with E-state index in [1.165, 1.54) is 12.4 Å². The summed E-state index contributed by atoms with van der Waals surface area (Å²) in [6, 6.07) is 14.7. The van der Waals surface area contributed by atoms with Gasteiger partial charge in [-0.2, -0.15) is 0 Å². The lowest BCUT2D eigenvalue weighted by Crippen LogP contribution is -2.44. The average molecular weight is 441 g/mol. The highest BCUT2D eigenvalue weighted by molar-refractivity contribution is 5.96. The summed E-state index contributed by atoms with van der Waals surface area (Å²) in [7, 11) is 0. The van der Waals surface area contributed by atoms with E-state index in [0.29, 0.717) is 52.3 Å². The van der Waals surface area contributed by atoms with Gasteiger partial charge in [-0.3, -0.25) is 9.59 Å². The van der Waals surface area contributed by atoms with Gasteiger partial charge in [-0.15, -0.1) is 0 Å². The van der Waals surface area contributed by atoms with Crippen molar-refractivity contribution in [3.05, 3.63) is 77.7 Å². The molecule has 33 heavy (non-hydrogen) atoms. The number of nitrogens with zero attached hydrogens (tertiary/aromatic N) is 3. The predicted molar refractivity (Wildman–Crippen MR) is 128 cm³/mol. The van der Waals surface area contributed by atoms with E-state index in [0.717, 1.165) is 12.8 Å². The first kappa shape index (κ1) is 20.7. The lowest BCUT2D eigenvalue weighted by Gasteiger charge is -2.32. The third-order valence-electron chi connectivity index (χ3n) is 5.79. The molecule has 1 aliphatic heterocycles. The van der Waals surface area contributed by atoms with E-state index in [1.54, 1.807) is 11.0 Å². The van der Waals surface area contributed by atoms with E-state index in [4.69, 9.17) is 4.74 Å². The molecule has 0 saturated carbocycles. The Hall–Kier alpha value is -4.20. The number of H-pyrrole nitrogens is 1. The van der Waals surface area contributed by atoms with Crippen LogP contribution in [0, 0.1) is 0 Å². The Balaban J connectivity index is 1.51. The van der Waals surface area contributed by atoms with Gasteiger partial charge in [0.2, 0.25) is 11.3 Å². The Morgan fingerprint density at radius 3 is 2.85 bits per heavy atom. The number of para-hydroxylation sites is 1. The van der Waals surface area contributed by atoms with E-state index >= 15 is 0 Å². The van der Waals surface area contributed by atoms with Crippen LogP contribution in [0.2, 0.25) is 0 Å². The molecule has 3 heterocycles. The zero-order chi connectivity index (χ0) is 22.8. The highest BCUT2D eigenvalue weighted by Crippen LogP contribution is 2.26. The van der Waals surface area contributed by atoms with Crippen molar-refractivity contribution in [3.63, 3.8) is 0 Å². The van der Waals surface area contributed by atoms with Crippen molar-refractivity contribution in [1.29, 1.82) is 0 Å². The molecular formula is C25H23N5O3. The number of amides is 1. The molecule has 2 aromatic heterocycles. The van der Waals surface area contributed by atoms with Crippen molar-refractivity contribution in [2.75, 3.05) is 18.4 Å². The minimum absolute atomic E-state index is 0.0244. The first-order chi connectivity index (χ1) is 16.1. The zero-order valence-electron chi connectivity index (χ0n) is 18.0. The molecule has 0 spiro atoms. The lowest BCUT2D eigenvalue weighted by molar-refractivity contribution is -0.127. The minimum atomic E-state index is -0.185. The van der Waals surface area contributed by atoms with Crippen LogP contribution in [-0.2, 0) is 4.79 Å². The van der Waals surface area contributed by atoms with Gasteiger partial charge in [0.1, 0.15) is 34.7 Å². The lowest BCUT2D eigenvalue weighted by atomic mass is 10.1. The Bertz CT molecular complexity index is 1400. The van der Waals surface area contributed by atoms with Gasteiger partial charge >= 0.3 is 0 Å². The number of piperidine rings is 1. The van der Waals surface area contributed by atoms with Crippen molar-refractivity contribution < 1.29 is 9.53 Å². The maximum absolute atomic E-state index is 13.5. The molecule has 0 radical (unpaired) electrons. The molecule has 2 N–H and O–H groups in total. The minimum Gasteiger partial charge on any atom is -0.457 e. The number of hydrogen-bond donors (Lipinski definition) is 2. The summed E-state index contributed by atoms with van der Waals surface area (Å²) in [6.07, 6.45) is 4.48. The number of carbonyl (C=O) groups is 1. The van der Waals surface area contributed by atoms with Crippen LogP contribution >= 0.6 is 0 Å². The molecule has 8 nitrogen and oxygen atoms in total. The second kappa shape index (κ2) is 8.74. The number of likely N-dealkylation sites (tertiary alicyclic amines) is 1. The molecule has 166 valence electrons. The van der Waals surface area contributed by atoms with Crippen LogP contribution in [0.3, 0.4) is 0 Å². The zero-order valence-corrected chi connectivity index (χ0v) is 18.0. The quantitative estimate of drug-likeness (QED) is 0.360. The number of anilines is 1. The summed E-state index contributed by atoms with van der Waals surface area (Å²) in [4.78, 5) is 39.1. The van der Waals surface area contributed by atoms with E-state index < -0.39 is 0 Å². The van der Waals surface area contributed by atoms with Crippen molar-refractivity contribution in [3.8, 4) is 11.5 Å². The molecule has 0 bridgehead atoms. The standard InChI is InChI=1S/C25H23N5O3/c1-2-21(31)30-12-6-7-16(14-30)28-24-22-23(32)19-13-18(33-17-8-4-3-5-9-17)10-11-20(19)29-25(22)27-15-26-24/h2-5,8-11,13,15-16H,1,6-7,12,14H2,(H2,26,27,28,29,32)/t16-/m1/s1. The summed E-state index contributed by atoms with van der Waals surface area (Å²) in [5.74, 6) is 1.62. The molecule has 1 atom stereocenters. The Morgan fingerprint density at radius 2 is 2.03 bits per heavy atom. The molecule has 1 aliphatic rings. The van der Waals surface area contributed by atoms with Gasteiger partial charge < -0.3 is 19.9 Å². The molecule has 1 amide bonds. The number of carbonyl (C=O) groups excluding carboxylic acids is 1. The maximum Gasteiger partial charge on any atom is 0.246 e. The SMILES string of the molecule is C=CC(=O)N1CCC[C@@H](Nc2ncnc3[nH]c4ccc(Oc5ccccc5)cc4c(=O)c23)C1. The van der Waals surface area contributed by atoms with Gasteiger partial charge in [-0.25, -0.2) is 9.97 Å². The Kier molecular flexibility index (Phi) is 5.48. The van der Waals surface area contributed by atoms with Crippen LogP contribution in [0.1, 0.15) is 12.8 Å². The number of nitrogens with one attached hydrogen (secondary N) is 2. The van der Waals surface area contributed by atoms with E-state index in [1.807, 2.05) is 42.5 Å². The molecule has 1 saturated heterocycles. The smallest absolute Gasteiger partial charge is 0.246 e. The van der Waals surface area contributed by atoms with Crippen molar-refractivity contribution >= 4 is 33.7 Å². The van der Waals surface area contributed by atoms with Crippen molar-refractivity contribution in [1.82, 2.24) is 19.9 Å². The number of aromatic amines is 1. The monoisotopic (exact) mass is 441 g/mol. The van der Waals surface area contributed by atoms with Gasteiger partial charge in [0.25, 0.3) is 0 Å². The highest BCUT2D eigenvalue weighted by Gasteiger charge is 2.23. The molecule has 4 aromatic rings. The number of benzene rings is 2. The van der Waals surface area contributed by atoms with Gasteiger partial charge in [0, 0.05) is 19.1 Å². The van der Waals surface area contributed by atoms with Gasteiger partial charge in [-0.05, 0) is 49.2 Å². The second-order valence-electron chi connectivity index (χ2n) is 7.99. The van der Waals surface area contributed by atoms with Crippen molar-refractivity contribution in [2.45, 2.75) is 18.9 Å². The summed E-state index contributed by atoms with van der Waals surface area (Å²) in [5, 5.41) is 4.23. The van der Waals surface area contributed by atoms with Crippen LogP contribution in [0.5, 0.6) is 11.5 Å². The fourth-order valence-corrected chi connectivity index (χ4v) is 4.19. The maximum atomic E-state index is 13.5. The number of fused-ring (bicyclic) bond motifs is 2. The molecule has 1 fully saturated rings. The van der Waals surface area contributed by atoms with Gasteiger partial charge in [0.05, 0.1) is 10.9 Å². The van der Waals surface area contributed by atoms with Crippen LogP contribution < -0.4 is 15.5 Å². The van der Waals surface area contributed by atoms with E-state index in [-0.39, 0.29) is 17.4 Å². The van der Waals surface area contributed by atoms with E-state index in [2.05, 4.69) is 26.8 Å². The summed E-state index contributed by atoms with van der Waals surface area (Å²) >= 11 is 0. The number of rotatable bonds is 5. The Morgan fingerprint density at radius 1 is 1.18 bits per heavy atom. The second-order valence-corrected chi connectivity index (χ2v) is 7.99. The summed E-state index contributed by atoms with van der Waals surface area (Å²) < 4.78 is 5.90. The molecule has 0 aliphatic carbocycles. The molecule has 8 heteroatoms. The van der Waals surface area contributed by atoms with Gasteiger partial charge in [0.15, 0.2) is 0 Å². The van der Waals surface area contributed by atoms with Gasteiger partial charge in [-0.1, -0.05) is 24.8 Å². The predicted octanol–water partition coefficient (Wildman–Crippen LogP) is 3.85. The summed E-state index contributed by atoms with van der Waals surface area (Å²) in [5.41, 5.74) is 0.935. The first-order valence-corrected chi connectivity index (χ1v) is 10.8. The van der Waals surface area contributed by atoms with Crippen molar-refractivity contribution in [2.24, 2.45) is 0 Å². The number of ether oxygens (including phenoxy) is 1. The fraction of sp³-hybridized carbons (Fsp3) is 0.200. The third-order valence-corrected chi connectivity index (χ3v) is 5.79. The van der Waals surface area contributed by atoms with E-state index in [9.17, 15) is 9.59 Å². The molecule has 0 unspecified atom stereocenters. The number of pyridine rings is 1. The number of aromatic nitrogens is 3. The topological polar surface area (TPSA) is 100 Å². The van der Waals surface area contributed by atoms with Crippen LogP contribution in [0.15, 0.2) is 72.3 Å². The fourth-order valence-electron chi connectivity index (χ4n) is 4.19. The Labute approximate surface area is 189 Å². The van der Waals surface area contributed by atoms with Crippen LogP contribution in [-0.4, -0.2) is 44.9 Å². The first-order valence-electron chi connectivity index (χ1n) is 10.8.